The van der Waals surface area contributed by atoms with Gasteiger partial charge >= 0.3 is 6.09 Å². The van der Waals surface area contributed by atoms with Gasteiger partial charge in [0.15, 0.2) is 0 Å². The molecular formula is C21H24N2O6. The third-order valence-electron chi connectivity index (χ3n) is 5.07. The average Bonchev–Trinajstić information content (AvgIpc) is 2.67. The molecule has 0 spiro atoms. The number of aliphatic hydroxyl groups excluding tert-OH is 1. The lowest BCUT2D eigenvalue weighted by molar-refractivity contribution is -0.385. The van der Waals surface area contributed by atoms with Crippen molar-refractivity contribution in [1.29, 1.82) is 0 Å². The maximum atomic E-state index is 12.3. The Bertz CT molecular complexity index is 913. The number of nitrogens with zero attached hydrogens (tertiary/aromatic N) is 1. The van der Waals surface area contributed by atoms with Gasteiger partial charge in [0.1, 0.15) is 17.5 Å². The molecule has 0 saturated carbocycles. The van der Waals surface area contributed by atoms with Gasteiger partial charge in [-0.25, -0.2) is 4.79 Å². The van der Waals surface area contributed by atoms with E-state index in [-0.39, 0.29) is 12.3 Å². The normalized spacial score (nSPS) is 19.6. The van der Waals surface area contributed by atoms with Crippen LogP contribution in [0.4, 0.5) is 10.5 Å². The molecule has 0 fully saturated rings. The lowest BCUT2D eigenvalue weighted by Crippen LogP contribution is -2.53. The molecule has 0 radical (unpaired) electrons. The first kappa shape index (κ1) is 20.6. The predicted molar refractivity (Wildman–Crippen MR) is 106 cm³/mol. The van der Waals surface area contributed by atoms with Gasteiger partial charge in [-0.3, -0.25) is 10.1 Å². The van der Waals surface area contributed by atoms with Crippen molar-refractivity contribution in [3.63, 3.8) is 0 Å². The van der Waals surface area contributed by atoms with E-state index in [0.29, 0.717) is 23.3 Å². The van der Waals surface area contributed by atoms with Crippen LogP contribution in [0.5, 0.6) is 5.75 Å². The maximum absolute atomic E-state index is 12.3. The lowest BCUT2D eigenvalue weighted by Gasteiger charge is -2.42. The Morgan fingerprint density at radius 1 is 1.28 bits per heavy atom. The van der Waals surface area contributed by atoms with Crippen LogP contribution in [0.1, 0.15) is 36.6 Å². The summed E-state index contributed by atoms with van der Waals surface area (Å²) in [6.07, 6.45) is -1.18. The molecule has 0 bridgehead atoms. The monoisotopic (exact) mass is 400 g/mol. The Kier molecular flexibility index (Phi) is 5.74. The first-order valence-electron chi connectivity index (χ1n) is 9.33. The van der Waals surface area contributed by atoms with Crippen molar-refractivity contribution in [2.75, 3.05) is 6.61 Å². The highest BCUT2D eigenvalue weighted by molar-refractivity contribution is 5.69. The van der Waals surface area contributed by atoms with Crippen molar-refractivity contribution in [3.8, 4) is 5.75 Å². The van der Waals surface area contributed by atoms with Crippen LogP contribution < -0.4 is 10.1 Å². The van der Waals surface area contributed by atoms with Crippen LogP contribution in [0, 0.1) is 17.0 Å². The van der Waals surface area contributed by atoms with Crippen molar-refractivity contribution in [2.45, 2.75) is 44.9 Å². The molecule has 2 N–H and O–H groups in total. The molecule has 1 aliphatic heterocycles. The van der Waals surface area contributed by atoms with Crippen LogP contribution in [0.2, 0.25) is 0 Å². The molecule has 1 amide bonds. The Morgan fingerprint density at radius 2 is 1.97 bits per heavy atom. The minimum atomic E-state index is -1.07. The minimum Gasteiger partial charge on any atom is -0.484 e. The summed E-state index contributed by atoms with van der Waals surface area (Å²) in [7, 11) is 0. The van der Waals surface area contributed by atoms with Gasteiger partial charge in [-0.05, 0) is 32.4 Å². The van der Waals surface area contributed by atoms with Crippen LogP contribution in [0.3, 0.4) is 0 Å². The summed E-state index contributed by atoms with van der Waals surface area (Å²) in [6, 6.07) is 11.6. The topological polar surface area (TPSA) is 111 Å². The largest absolute Gasteiger partial charge is 0.484 e. The van der Waals surface area contributed by atoms with E-state index in [1.165, 1.54) is 12.1 Å². The second-order valence-corrected chi connectivity index (χ2v) is 7.53. The molecule has 2 unspecified atom stereocenters. The second-order valence-electron chi connectivity index (χ2n) is 7.53. The number of ether oxygens (including phenoxy) is 2. The highest BCUT2D eigenvalue weighted by Crippen LogP contribution is 2.44. The number of nitro groups is 1. The summed E-state index contributed by atoms with van der Waals surface area (Å²) in [6.45, 7) is 5.09. The number of hydrogen-bond donors (Lipinski definition) is 2. The molecule has 3 rings (SSSR count). The third-order valence-corrected chi connectivity index (χ3v) is 5.07. The number of nitrogens with one attached hydrogen (secondary N) is 1. The fourth-order valence-electron chi connectivity index (χ4n) is 3.41. The predicted octanol–water partition coefficient (Wildman–Crippen LogP) is 3.45. The van der Waals surface area contributed by atoms with Crippen LogP contribution in [-0.4, -0.2) is 34.4 Å². The van der Waals surface area contributed by atoms with Gasteiger partial charge in [0.25, 0.3) is 5.69 Å². The van der Waals surface area contributed by atoms with Crippen molar-refractivity contribution >= 4 is 11.8 Å². The minimum absolute atomic E-state index is 0.0832. The number of rotatable bonds is 5. The summed E-state index contributed by atoms with van der Waals surface area (Å²) in [4.78, 5) is 23.1. The average molecular weight is 400 g/mol. The molecule has 1 aliphatic rings. The molecule has 0 saturated heterocycles. The highest BCUT2D eigenvalue weighted by Gasteiger charge is 2.45. The maximum Gasteiger partial charge on any atom is 0.407 e. The van der Waals surface area contributed by atoms with Gasteiger partial charge in [-0.15, -0.1) is 0 Å². The van der Waals surface area contributed by atoms with Gasteiger partial charge < -0.3 is 19.9 Å². The van der Waals surface area contributed by atoms with E-state index in [0.717, 1.165) is 5.56 Å². The van der Waals surface area contributed by atoms with E-state index < -0.39 is 28.8 Å². The first-order valence-corrected chi connectivity index (χ1v) is 9.33. The van der Waals surface area contributed by atoms with Crippen LogP contribution in [0.15, 0.2) is 42.5 Å². The number of hydrogen-bond acceptors (Lipinski definition) is 6. The van der Waals surface area contributed by atoms with Gasteiger partial charge in [-0.2, -0.15) is 0 Å². The van der Waals surface area contributed by atoms with E-state index >= 15 is 0 Å². The van der Waals surface area contributed by atoms with E-state index in [1.807, 2.05) is 30.3 Å². The number of alkyl carbamates (subject to hydrolysis) is 1. The number of fused-ring (bicyclic) bond motifs is 1. The zero-order valence-electron chi connectivity index (χ0n) is 16.5. The summed E-state index contributed by atoms with van der Waals surface area (Å²) in [5, 5.41) is 24.7. The van der Waals surface area contributed by atoms with Crippen molar-refractivity contribution in [3.05, 3.63) is 69.3 Å². The summed E-state index contributed by atoms with van der Waals surface area (Å²) >= 11 is 0. The van der Waals surface area contributed by atoms with Crippen molar-refractivity contribution in [2.24, 2.45) is 0 Å². The van der Waals surface area contributed by atoms with E-state index in [4.69, 9.17) is 9.47 Å². The summed E-state index contributed by atoms with van der Waals surface area (Å²) < 4.78 is 11.1. The molecule has 29 heavy (non-hydrogen) atoms. The van der Waals surface area contributed by atoms with Crippen LogP contribution >= 0.6 is 0 Å². The zero-order valence-corrected chi connectivity index (χ0v) is 16.5. The molecule has 2 aromatic rings. The smallest absolute Gasteiger partial charge is 0.407 e. The van der Waals surface area contributed by atoms with Gasteiger partial charge in [0.05, 0.1) is 23.1 Å². The van der Waals surface area contributed by atoms with E-state index in [1.54, 1.807) is 20.8 Å². The molecule has 1 heterocycles. The Morgan fingerprint density at radius 3 is 2.62 bits per heavy atom. The molecule has 2 aromatic carbocycles. The zero-order chi connectivity index (χ0) is 21.2. The SMILES string of the molecule is Cc1c([N+](=O)[O-])ccc2c1OC(C)(C)C(O)C2NC(=O)OCCc1ccccc1. The van der Waals surface area contributed by atoms with Crippen LogP contribution in [-0.2, 0) is 11.2 Å². The standard InChI is InChI=1S/C21H24N2O6/c1-13-16(23(26)27)10-9-15-17(19(24)21(2,3)29-18(13)15)22-20(25)28-12-11-14-7-5-4-6-8-14/h4-10,17,19,24H,11-12H2,1-3H3,(H,22,25). The van der Waals surface area contributed by atoms with Crippen molar-refractivity contribution < 1.29 is 24.3 Å². The van der Waals surface area contributed by atoms with E-state index in [2.05, 4.69) is 5.32 Å². The highest BCUT2D eigenvalue weighted by atomic mass is 16.6. The van der Waals surface area contributed by atoms with Crippen LogP contribution in [0.25, 0.3) is 0 Å². The molecular weight excluding hydrogens is 376 g/mol. The first-order chi connectivity index (χ1) is 13.7. The van der Waals surface area contributed by atoms with Gasteiger partial charge in [0.2, 0.25) is 0 Å². The van der Waals surface area contributed by atoms with E-state index in [9.17, 15) is 20.0 Å². The molecule has 0 aliphatic carbocycles. The van der Waals surface area contributed by atoms with Gasteiger partial charge in [0, 0.05) is 18.1 Å². The summed E-state index contributed by atoms with van der Waals surface area (Å²) in [5.41, 5.74) is 0.715. The Labute approximate surface area is 168 Å². The molecule has 2 atom stereocenters. The van der Waals surface area contributed by atoms with Gasteiger partial charge in [-0.1, -0.05) is 30.3 Å². The second kappa shape index (κ2) is 8.08. The third kappa shape index (κ3) is 4.32. The number of carbonyl (C=O) groups is 1. The molecule has 154 valence electrons. The Balaban J connectivity index is 1.77. The number of amides is 1. The fourth-order valence-corrected chi connectivity index (χ4v) is 3.41. The molecule has 8 heteroatoms. The van der Waals surface area contributed by atoms with Crippen molar-refractivity contribution in [1.82, 2.24) is 5.32 Å². The number of aliphatic hydroxyl groups is 1. The number of carbonyl (C=O) groups excluding carboxylic acids is 1. The Hall–Kier alpha value is -3.13. The number of benzene rings is 2. The lowest BCUT2D eigenvalue weighted by atomic mass is 9.85. The number of nitro benzene ring substituents is 1. The fraction of sp³-hybridized carbons (Fsp3) is 0.381. The summed E-state index contributed by atoms with van der Waals surface area (Å²) in [5.74, 6) is 0.295. The molecule has 8 nitrogen and oxygen atoms in total. The quantitative estimate of drug-likeness (QED) is 0.587. The molecule has 0 aromatic heterocycles.